The van der Waals surface area contributed by atoms with Crippen molar-refractivity contribution >= 4 is 11.6 Å². The second kappa shape index (κ2) is 11.1. The SMILES string of the molecule is Cc1ccc(-n2cc(-c3ccc(CN4CCN(C)CC4)cc3)nn2)cc1Nc1nccc(-c2cccnc2)n1. The molecule has 196 valence electrons. The standard InChI is InChI=1S/C30H31N9/c1-22-5-10-26(18-28(22)34-30-32-13-11-27(33-30)25-4-3-12-31-19-25)39-21-29(35-36-39)24-8-6-23(7-9-24)20-38-16-14-37(2)15-17-38/h3-13,18-19,21H,14-17,20H2,1-2H3,(H,32,33,34). The quantitative estimate of drug-likeness (QED) is 0.336. The summed E-state index contributed by atoms with van der Waals surface area (Å²) >= 11 is 0. The Morgan fingerprint density at radius 2 is 1.72 bits per heavy atom. The molecule has 9 heteroatoms. The molecule has 9 nitrogen and oxygen atoms in total. The molecule has 4 heterocycles. The van der Waals surface area contributed by atoms with Gasteiger partial charge in [-0.2, -0.15) is 0 Å². The third-order valence-electron chi connectivity index (χ3n) is 7.09. The monoisotopic (exact) mass is 517 g/mol. The number of rotatable bonds is 7. The number of benzene rings is 2. The van der Waals surface area contributed by atoms with Crippen LogP contribution in [0.15, 0.2) is 85.5 Å². The normalized spacial score (nSPS) is 14.4. The number of hydrogen-bond donors (Lipinski definition) is 1. The Morgan fingerprint density at radius 3 is 2.51 bits per heavy atom. The van der Waals surface area contributed by atoms with Gasteiger partial charge in [0.05, 0.1) is 17.6 Å². The van der Waals surface area contributed by atoms with E-state index in [0.717, 1.165) is 72.2 Å². The first-order valence-corrected chi connectivity index (χ1v) is 13.1. The van der Waals surface area contributed by atoms with Crippen molar-refractivity contribution in [2.75, 3.05) is 38.5 Å². The summed E-state index contributed by atoms with van der Waals surface area (Å²) in [6, 6.07) is 20.5. The maximum atomic E-state index is 4.67. The van der Waals surface area contributed by atoms with Crippen molar-refractivity contribution in [3.05, 3.63) is 96.6 Å². The molecule has 5 aromatic rings. The molecule has 1 aliphatic heterocycles. The van der Waals surface area contributed by atoms with Crippen molar-refractivity contribution < 1.29 is 0 Å². The van der Waals surface area contributed by atoms with Gasteiger partial charge in [0.15, 0.2) is 0 Å². The van der Waals surface area contributed by atoms with Gasteiger partial charge >= 0.3 is 0 Å². The lowest BCUT2D eigenvalue weighted by Crippen LogP contribution is -2.43. The molecule has 3 aromatic heterocycles. The lowest BCUT2D eigenvalue weighted by molar-refractivity contribution is 0.148. The van der Waals surface area contributed by atoms with E-state index in [1.165, 1.54) is 5.56 Å². The molecule has 0 amide bonds. The van der Waals surface area contributed by atoms with Gasteiger partial charge in [-0.3, -0.25) is 9.88 Å². The highest BCUT2D eigenvalue weighted by Crippen LogP contribution is 2.25. The molecule has 0 radical (unpaired) electrons. The molecular formula is C30H31N9. The molecule has 0 saturated carbocycles. The Kier molecular flexibility index (Phi) is 7.07. The van der Waals surface area contributed by atoms with Crippen molar-refractivity contribution in [3.8, 4) is 28.2 Å². The highest BCUT2D eigenvalue weighted by atomic mass is 15.4. The molecule has 0 spiro atoms. The number of aromatic nitrogens is 6. The van der Waals surface area contributed by atoms with E-state index in [4.69, 9.17) is 0 Å². The zero-order chi connectivity index (χ0) is 26.6. The Labute approximate surface area is 228 Å². The Bertz CT molecular complexity index is 1540. The minimum absolute atomic E-state index is 0.521. The number of anilines is 2. The van der Waals surface area contributed by atoms with E-state index >= 15 is 0 Å². The molecule has 0 aliphatic carbocycles. The van der Waals surface area contributed by atoms with Gasteiger partial charge in [0.1, 0.15) is 5.69 Å². The third-order valence-corrected chi connectivity index (χ3v) is 7.09. The van der Waals surface area contributed by atoms with Crippen LogP contribution in [-0.2, 0) is 6.54 Å². The number of nitrogens with zero attached hydrogens (tertiary/aromatic N) is 8. The molecule has 39 heavy (non-hydrogen) atoms. The summed E-state index contributed by atoms with van der Waals surface area (Å²) in [5.41, 5.74) is 7.84. The van der Waals surface area contributed by atoms with Crippen LogP contribution in [0.2, 0.25) is 0 Å². The summed E-state index contributed by atoms with van der Waals surface area (Å²) in [5.74, 6) is 0.521. The predicted molar refractivity (Wildman–Crippen MR) is 153 cm³/mol. The summed E-state index contributed by atoms with van der Waals surface area (Å²) in [4.78, 5) is 18.2. The summed E-state index contributed by atoms with van der Waals surface area (Å²) in [6.45, 7) is 7.51. The molecule has 1 fully saturated rings. The Hall–Kier alpha value is -4.47. The van der Waals surface area contributed by atoms with Crippen LogP contribution in [0.25, 0.3) is 28.2 Å². The van der Waals surface area contributed by atoms with Gasteiger partial charge in [-0.1, -0.05) is 35.5 Å². The van der Waals surface area contributed by atoms with Crippen molar-refractivity contribution in [1.82, 2.24) is 39.7 Å². The number of nitrogens with one attached hydrogen (secondary N) is 1. The first-order chi connectivity index (χ1) is 19.1. The average molecular weight is 518 g/mol. The topological polar surface area (TPSA) is 87.9 Å². The van der Waals surface area contributed by atoms with Gasteiger partial charge in [-0.15, -0.1) is 5.10 Å². The van der Waals surface area contributed by atoms with E-state index in [-0.39, 0.29) is 0 Å². The van der Waals surface area contributed by atoms with Crippen LogP contribution in [-0.4, -0.2) is 73.0 Å². The molecule has 0 atom stereocenters. The summed E-state index contributed by atoms with van der Waals surface area (Å²) < 4.78 is 1.80. The number of piperazine rings is 1. The zero-order valence-corrected chi connectivity index (χ0v) is 22.2. The van der Waals surface area contributed by atoms with E-state index in [0.29, 0.717) is 5.95 Å². The van der Waals surface area contributed by atoms with Crippen LogP contribution in [0.5, 0.6) is 0 Å². The molecule has 2 aromatic carbocycles. The Balaban J connectivity index is 1.17. The average Bonchev–Trinajstić information content (AvgIpc) is 3.47. The number of aryl methyl sites for hydroxylation is 1. The second-order valence-electron chi connectivity index (χ2n) is 9.96. The van der Waals surface area contributed by atoms with Gasteiger partial charge in [-0.25, -0.2) is 14.6 Å². The fourth-order valence-corrected chi connectivity index (χ4v) is 4.67. The second-order valence-corrected chi connectivity index (χ2v) is 9.96. The molecule has 1 saturated heterocycles. The van der Waals surface area contributed by atoms with Crippen molar-refractivity contribution in [3.63, 3.8) is 0 Å². The fourth-order valence-electron chi connectivity index (χ4n) is 4.67. The van der Waals surface area contributed by atoms with Crippen LogP contribution < -0.4 is 5.32 Å². The lowest BCUT2D eigenvalue weighted by atomic mass is 10.1. The van der Waals surface area contributed by atoms with Gasteiger partial charge in [0.2, 0.25) is 5.95 Å². The minimum Gasteiger partial charge on any atom is -0.324 e. The van der Waals surface area contributed by atoms with Crippen LogP contribution >= 0.6 is 0 Å². The van der Waals surface area contributed by atoms with Crippen molar-refractivity contribution in [2.24, 2.45) is 0 Å². The highest BCUT2D eigenvalue weighted by molar-refractivity contribution is 5.65. The zero-order valence-electron chi connectivity index (χ0n) is 22.2. The van der Waals surface area contributed by atoms with E-state index in [2.05, 4.69) is 77.8 Å². The lowest BCUT2D eigenvalue weighted by Gasteiger charge is -2.32. The van der Waals surface area contributed by atoms with Crippen LogP contribution in [0.1, 0.15) is 11.1 Å². The van der Waals surface area contributed by atoms with Gasteiger partial charge in [-0.05, 0) is 55.4 Å². The molecular weight excluding hydrogens is 486 g/mol. The maximum absolute atomic E-state index is 4.67. The first kappa shape index (κ1) is 24.8. The van der Waals surface area contributed by atoms with Gasteiger partial charge < -0.3 is 10.2 Å². The van der Waals surface area contributed by atoms with Crippen LogP contribution in [0.3, 0.4) is 0 Å². The van der Waals surface area contributed by atoms with Gasteiger partial charge in [0.25, 0.3) is 0 Å². The molecule has 0 bridgehead atoms. The number of pyridine rings is 1. The Morgan fingerprint density at radius 1 is 0.872 bits per heavy atom. The fraction of sp³-hybridized carbons (Fsp3) is 0.233. The highest BCUT2D eigenvalue weighted by Gasteiger charge is 2.14. The summed E-state index contributed by atoms with van der Waals surface area (Å²) in [7, 11) is 2.19. The van der Waals surface area contributed by atoms with Crippen LogP contribution in [0, 0.1) is 6.92 Å². The van der Waals surface area contributed by atoms with Crippen LogP contribution in [0.4, 0.5) is 11.6 Å². The van der Waals surface area contributed by atoms with Gasteiger partial charge in [0, 0.05) is 68.1 Å². The van der Waals surface area contributed by atoms with E-state index in [1.807, 2.05) is 43.5 Å². The molecule has 0 unspecified atom stereocenters. The van der Waals surface area contributed by atoms with E-state index in [1.54, 1.807) is 23.3 Å². The first-order valence-electron chi connectivity index (χ1n) is 13.1. The minimum atomic E-state index is 0.521. The summed E-state index contributed by atoms with van der Waals surface area (Å²) in [6.07, 6.45) is 7.25. The number of hydrogen-bond acceptors (Lipinski definition) is 8. The number of likely N-dealkylation sites (N-methyl/N-ethyl adjacent to an activating group) is 1. The van der Waals surface area contributed by atoms with Crippen molar-refractivity contribution in [1.29, 1.82) is 0 Å². The molecule has 6 rings (SSSR count). The molecule has 1 aliphatic rings. The molecule has 1 N–H and O–H groups in total. The third kappa shape index (κ3) is 5.84. The van der Waals surface area contributed by atoms with E-state index < -0.39 is 0 Å². The maximum Gasteiger partial charge on any atom is 0.227 e. The van der Waals surface area contributed by atoms with E-state index in [9.17, 15) is 0 Å². The predicted octanol–water partition coefficient (Wildman–Crippen LogP) is 4.59. The summed E-state index contributed by atoms with van der Waals surface area (Å²) in [5, 5.41) is 12.2. The van der Waals surface area contributed by atoms with Crippen molar-refractivity contribution in [2.45, 2.75) is 13.5 Å². The smallest absolute Gasteiger partial charge is 0.227 e. The largest absolute Gasteiger partial charge is 0.324 e.